The Bertz CT molecular complexity index is 540. The average molecular weight is 360 g/mol. The van der Waals surface area contributed by atoms with Crippen molar-refractivity contribution in [3.8, 4) is 0 Å². The zero-order valence-electron chi connectivity index (χ0n) is 9.41. The second-order valence-electron chi connectivity index (χ2n) is 4.01. The number of aliphatic hydroxyl groups is 1. The largest absolute Gasteiger partial charge is 0.388 e. The van der Waals surface area contributed by atoms with Gasteiger partial charge in [0.25, 0.3) is 0 Å². The molecule has 0 heterocycles. The lowest BCUT2D eigenvalue weighted by Crippen LogP contribution is -2.05. The highest BCUT2D eigenvalue weighted by atomic mass is 127. The van der Waals surface area contributed by atoms with Crippen molar-refractivity contribution in [3.05, 3.63) is 68.8 Å². The van der Waals surface area contributed by atoms with Gasteiger partial charge < -0.3 is 5.11 Å². The maximum absolute atomic E-state index is 13.5. The van der Waals surface area contributed by atoms with Crippen molar-refractivity contribution in [2.24, 2.45) is 0 Å². The molecule has 1 N–H and O–H groups in total. The highest BCUT2D eigenvalue weighted by Gasteiger charge is 2.14. The van der Waals surface area contributed by atoms with Crippen molar-refractivity contribution in [2.75, 3.05) is 0 Å². The Balaban J connectivity index is 2.18. The molecule has 1 unspecified atom stereocenters. The van der Waals surface area contributed by atoms with Crippen LogP contribution in [0.15, 0.2) is 42.5 Å². The summed E-state index contributed by atoms with van der Waals surface area (Å²) in [5.74, 6) is -1.14. The Hall–Kier alpha value is -1.01. The second kappa shape index (κ2) is 5.75. The van der Waals surface area contributed by atoms with Crippen molar-refractivity contribution in [1.82, 2.24) is 0 Å². The van der Waals surface area contributed by atoms with Gasteiger partial charge in [-0.15, -0.1) is 0 Å². The maximum atomic E-state index is 13.5. The fraction of sp³-hybridized carbons (Fsp3) is 0.143. The highest BCUT2D eigenvalue weighted by molar-refractivity contribution is 14.1. The molecule has 0 saturated heterocycles. The Morgan fingerprint density at radius 1 is 1.06 bits per heavy atom. The van der Waals surface area contributed by atoms with Gasteiger partial charge >= 0.3 is 0 Å². The molecular formula is C14H11F2IO. The van der Waals surface area contributed by atoms with E-state index in [0.29, 0.717) is 0 Å². The van der Waals surface area contributed by atoms with Gasteiger partial charge in [0.05, 0.1) is 6.10 Å². The van der Waals surface area contributed by atoms with E-state index < -0.39 is 17.7 Å². The zero-order chi connectivity index (χ0) is 13.1. The molecule has 94 valence electrons. The third kappa shape index (κ3) is 3.26. The average Bonchev–Trinajstić information content (AvgIpc) is 2.35. The van der Waals surface area contributed by atoms with Gasteiger partial charge in [-0.3, -0.25) is 0 Å². The molecule has 0 bridgehead atoms. The van der Waals surface area contributed by atoms with Crippen LogP contribution in [0.4, 0.5) is 8.78 Å². The van der Waals surface area contributed by atoms with Crippen LogP contribution in [-0.4, -0.2) is 5.11 Å². The maximum Gasteiger partial charge on any atom is 0.129 e. The van der Waals surface area contributed by atoms with Crippen molar-refractivity contribution < 1.29 is 13.9 Å². The minimum Gasteiger partial charge on any atom is -0.388 e. The van der Waals surface area contributed by atoms with Crippen molar-refractivity contribution in [1.29, 1.82) is 0 Å². The first-order chi connectivity index (χ1) is 8.56. The van der Waals surface area contributed by atoms with E-state index in [1.807, 2.05) is 24.3 Å². The number of benzene rings is 2. The monoisotopic (exact) mass is 360 g/mol. The van der Waals surface area contributed by atoms with Crippen molar-refractivity contribution in [2.45, 2.75) is 12.5 Å². The molecule has 1 nitrogen and oxygen atoms in total. The molecule has 4 heteroatoms. The SMILES string of the molecule is OC(Cc1ccc(I)cc1)c1cc(F)ccc1F. The van der Waals surface area contributed by atoms with E-state index in [0.717, 1.165) is 27.3 Å². The van der Waals surface area contributed by atoms with Crippen LogP contribution in [0.1, 0.15) is 17.2 Å². The first-order valence-electron chi connectivity index (χ1n) is 5.44. The van der Waals surface area contributed by atoms with Crippen LogP contribution in [0.5, 0.6) is 0 Å². The molecular weight excluding hydrogens is 349 g/mol. The zero-order valence-corrected chi connectivity index (χ0v) is 11.6. The molecule has 0 aliphatic rings. The normalized spacial score (nSPS) is 12.4. The fourth-order valence-corrected chi connectivity index (χ4v) is 2.08. The number of rotatable bonds is 3. The fourth-order valence-electron chi connectivity index (χ4n) is 1.72. The van der Waals surface area contributed by atoms with Crippen LogP contribution in [0.25, 0.3) is 0 Å². The molecule has 18 heavy (non-hydrogen) atoms. The lowest BCUT2D eigenvalue weighted by Gasteiger charge is -2.12. The molecule has 0 saturated carbocycles. The number of hydrogen-bond acceptors (Lipinski definition) is 1. The predicted octanol–water partition coefficient (Wildman–Crippen LogP) is 3.85. The summed E-state index contributed by atoms with van der Waals surface area (Å²) >= 11 is 2.18. The third-order valence-corrected chi connectivity index (χ3v) is 3.38. The Kier molecular flexibility index (Phi) is 4.29. The predicted molar refractivity (Wildman–Crippen MR) is 74.2 cm³/mol. The van der Waals surface area contributed by atoms with E-state index in [1.54, 1.807) is 0 Å². The van der Waals surface area contributed by atoms with Crippen LogP contribution in [-0.2, 0) is 6.42 Å². The van der Waals surface area contributed by atoms with Gasteiger partial charge in [-0.05, 0) is 58.5 Å². The Labute approximate surface area is 118 Å². The molecule has 1 atom stereocenters. The smallest absolute Gasteiger partial charge is 0.129 e. The first kappa shape index (κ1) is 13.4. The van der Waals surface area contributed by atoms with Gasteiger partial charge in [0.15, 0.2) is 0 Å². The van der Waals surface area contributed by atoms with E-state index in [2.05, 4.69) is 22.6 Å². The van der Waals surface area contributed by atoms with E-state index >= 15 is 0 Å². The standard InChI is InChI=1S/C14H11F2IO/c15-10-3-6-13(16)12(8-10)14(18)7-9-1-4-11(17)5-2-9/h1-6,8,14,18H,7H2. The van der Waals surface area contributed by atoms with E-state index in [9.17, 15) is 13.9 Å². The van der Waals surface area contributed by atoms with Crippen LogP contribution < -0.4 is 0 Å². The van der Waals surface area contributed by atoms with Gasteiger partial charge in [0.1, 0.15) is 11.6 Å². The van der Waals surface area contributed by atoms with Crippen LogP contribution in [0.2, 0.25) is 0 Å². The van der Waals surface area contributed by atoms with E-state index in [1.165, 1.54) is 0 Å². The third-order valence-electron chi connectivity index (χ3n) is 2.66. The summed E-state index contributed by atoms with van der Waals surface area (Å²) in [7, 11) is 0. The van der Waals surface area contributed by atoms with Gasteiger partial charge in [-0.25, -0.2) is 8.78 Å². The topological polar surface area (TPSA) is 20.2 Å². The van der Waals surface area contributed by atoms with Crippen LogP contribution in [0, 0.1) is 15.2 Å². The second-order valence-corrected chi connectivity index (χ2v) is 5.26. The summed E-state index contributed by atoms with van der Waals surface area (Å²) < 4.78 is 27.6. The molecule has 0 amide bonds. The summed E-state index contributed by atoms with van der Waals surface area (Å²) in [6.45, 7) is 0. The molecule has 2 rings (SSSR count). The summed E-state index contributed by atoms with van der Waals surface area (Å²) in [5, 5.41) is 9.94. The first-order valence-corrected chi connectivity index (χ1v) is 6.51. The minimum atomic E-state index is -1.04. The number of halogens is 3. The van der Waals surface area contributed by atoms with Crippen LogP contribution >= 0.6 is 22.6 Å². The van der Waals surface area contributed by atoms with Crippen molar-refractivity contribution >= 4 is 22.6 Å². The van der Waals surface area contributed by atoms with Crippen LogP contribution in [0.3, 0.4) is 0 Å². The van der Waals surface area contributed by atoms with E-state index in [4.69, 9.17) is 0 Å². The quantitative estimate of drug-likeness (QED) is 0.825. The minimum absolute atomic E-state index is 0.00597. The van der Waals surface area contributed by atoms with Crippen molar-refractivity contribution in [3.63, 3.8) is 0 Å². The molecule has 2 aromatic rings. The number of hydrogen-bond donors (Lipinski definition) is 1. The summed E-state index contributed by atoms with van der Waals surface area (Å²) in [6, 6.07) is 10.6. The molecule has 0 aliphatic carbocycles. The molecule has 0 fully saturated rings. The summed E-state index contributed by atoms with van der Waals surface area (Å²) in [5.41, 5.74) is 0.875. The van der Waals surface area contributed by atoms with E-state index in [-0.39, 0.29) is 12.0 Å². The Morgan fingerprint density at radius 2 is 1.72 bits per heavy atom. The summed E-state index contributed by atoms with van der Waals surface area (Å²) in [4.78, 5) is 0. The molecule has 0 aliphatic heterocycles. The Morgan fingerprint density at radius 3 is 2.39 bits per heavy atom. The number of aliphatic hydroxyl groups excluding tert-OH is 1. The van der Waals surface area contributed by atoms with Gasteiger partial charge in [0.2, 0.25) is 0 Å². The molecule has 0 radical (unpaired) electrons. The summed E-state index contributed by atoms with van der Waals surface area (Å²) in [6.07, 6.45) is -0.780. The molecule has 0 aromatic heterocycles. The molecule has 0 spiro atoms. The van der Waals surface area contributed by atoms with Gasteiger partial charge in [-0.1, -0.05) is 12.1 Å². The van der Waals surface area contributed by atoms with Gasteiger partial charge in [0, 0.05) is 15.6 Å². The molecule has 2 aromatic carbocycles. The lowest BCUT2D eigenvalue weighted by molar-refractivity contribution is 0.173. The lowest BCUT2D eigenvalue weighted by atomic mass is 10.0. The highest BCUT2D eigenvalue weighted by Crippen LogP contribution is 2.22. The van der Waals surface area contributed by atoms with Gasteiger partial charge in [-0.2, -0.15) is 0 Å².